The van der Waals surface area contributed by atoms with Gasteiger partial charge in [-0.1, -0.05) is 24.3 Å². The van der Waals surface area contributed by atoms with Crippen LogP contribution in [0.5, 0.6) is 11.5 Å². The van der Waals surface area contributed by atoms with Gasteiger partial charge in [-0.05, 0) is 35.4 Å². The first kappa shape index (κ1) is 14.0. The van der Waals surface area contributed by atoms with Crippen molar-refractivity contribution in [2.75, 3.05) is 14.2 Å². The van der Waals surface area contributed by atoms with Gasteiger partial charge in [-0.25, -0.2) is 0 Å². The van der Waals surface area contributed by atoms with Crippen molar-refractivity contribution in [1.29, 1.82) is 5.26 Å². The van der Waals surface area contributed by atoms with E-state index >= 15 is 0 Å². The zero-order chi connectivity index (χ0) is 14.4. The fraction of sp³-hybridized carbons (Fsp3) is 0.235. The molecule has 2 aromatic carbocycles. The first-order valence-electron chi connectivity index (χ1n) is 6.43. The number of nitrogens with zero attached hydrogens (tertiary/aromatic N) is 1. The highest BCUT2D eigenvalue weighted by atomic mass is 16.5. The van der Waals surface area contributed by atoms with Crippen LogP contribution in [0.1, 0.15) is 23.5 Å². The van der Waals surface area contributed by atoms with Crippen LogP contribution in [0.2, 0.25) is 0 Å². The highest BCUT2D eigenvalue weighted by Crippen LogP contribution is 2.30. The van der Waals surface area contributed by atoms with Gasteiger partial charge in [-0.15, -0.1) is 0 Å². The second-order valence-electron chi connectivity index (χ2n) is 4.46. The van der Waals surface area contributed by atoms with Crippen LogP contribution >= 0.6 is 0 Å². The molecule has 102 valence electrons. The van der Waals surface area contributed by atoms with Gasteiger partial charge in [0.25, 0.3) is 0 Å². The molecule has 0 amide bonds. The van der Waals surface area contributed by atoms with Crippen molar-refractivity contribution in [3.05, 3.63) is 59.7 Å². The third-order valence-corrected chi connectivity index (χ3v) is 3.33. The number of hydrogen-bond donors (Lipinski definition) is 0. The summed E-state index contributed by atoms with van der Waals surface area (Å²) in [5, 5.41) is 9.06. The van der Waals surface area contributed by atoms with Crippen LogP contribution in [-0.4, -0.2) is 14.2 Å². The zero-order valence-corrected chi connectivity index (χ0v) is 11.7. The maximum Gasteiger partial charge on any atom is 0.118 e. The van der Waals surface area contributed by atoms with Gasteiger partial charge in [0.2, 0.25) is 0 Å². The Labute approximate surface area is 119 Å². The second-order valence-corrected chi connectivity index (χ2v) is 4.46. The van der Waals surface area contributed by atoms with Gasteiger partial charge in [-0.2, -0.15) is 5.26 Å². The van der Waals surface area contributed by atoms with E-state index in [9.17, 15) is 0 Å². The van der Waals surface area contributed by atoms with Gasteiger partial charge in [0, 0.05) is 12.3 Å². The molecular formula is C17H17NO2. The number of rotatable bonds is 5. The Morgan fingerprint density at radius 1 is 0.850 bits per heavy atom. The summed E-state index contributed by atoms with van der Waals surface area (Å²) in [5.74, 6) is 1.70. The molecule has 0 saturated carbocycles. The van der Waals surface area contributed by atoms with Gasteiger partial charge in [0.05, 0.1) is 20.3 Å². The molecule has 0 bridgehead atoms. The molecule has 0 aromatic heterocycles. The van der Waals surface area contributed by atoms with Gasteiger partial charge < -0.3 is 9.47 Å². The fourth-order valence-electron chi connectivity index (χ4n) is 2.19. The molecule has 0 aliphatic rings. The maximum atomic E-state index is 9.06. The second kappa shape index (κ2) is 6.63. The molecule has 0 fully saturated rings. The van der Waals surface area contributed by atoms with Crippen LogP contribution in [0.3, 0.4) is 0 Å². The molecule has 3 heteroatoms. The zero-order valence-electron chi connectivity index (χ0n) is 11.7. The summed E-state index contributed by atoms with van der Waals surface area (Å²) in [5.41, 5.74) is 2.22. The Bertz CT molecular complexity index is 534. The van der Waals surface area contributed by atoms with E-state index in [0.717, 1.165) is 22.6 Å². The normalized spacial score (nSPS) is 10.1. The average molecular weight is 267 g/mol. The number of ether oxygens (including phenoxy) is 2. The molecule has 0 aliphatic carbocycles. The van der Waals surface area contributed by atoms with Crippen molar-refractivity contribution in [3.63, 3.8) is 0 Å². The molecule has 2 rings (SSSR count). The summed E-state index contributed by atoms with van der Waals surface area (Å²) in [6.07, 6.45) is 0.443. The SMILES string of the molecule is COc1ccc(C(CC#N)c2ccc(OC)cc2)cc1. The van der Waals surface area contributed by atoms with Crippen LogP contribution in [0.4, 0.5) is 0 Å². The summed E-state index contributed by atoms with van der Waals surface area (Å²) in [7, 11) is 3.29. The predicted molar refractivity (Wildman–Crippen MR) is 78.1 cm³/mol. The van der Waals surface area contributed by atoms with E-state index in [0.29, 0.717) is 6.42 Å². The summed E-state index contributed by atoms with van der Waals surface area (Å²) >= 11 is 0. The lowest BCUT2D eigenvalue weighted by Gasteiger charge is -2.15. The third kappa shape index (κ3) is 3.10. The Morgan fingerprint density at radius 3 is 1.55 bits per heavy atom. The molecule has 0 N–H and O–H groups in total. The van der Waals surface area contributed by atoms with Crippen molar-refractivity contribution in [1.82, 2.24) is 0 Å². The predicted octanol–water partition coefficient (Wildman–Crippen LogP) is 3.75. The Hall–Kier alpha value is -2.47. The number of hydrogen-bond acceptors (Lipinski definition) is 3. The molecular weight excluding hydrogens is 250 g/mol. The lowest BCUT2D eigenvalue weighted by atomic mass is 9.89. The highest BCUT2D eigenvalue weighted by molar-refractivity contribution is 5.38. The van der Waals surface area contributed by atoms with Crippen molar-refractivity contribution < 1.29 is 9.47 Å². The van der Waals surface area contributed by atoms with E-state index in [1.54, 1.807) is 14.2 Å². The molecule has 0 heterocycles. The lowest BCUT2D eigenvalue weighted by molar-refractivity contribution is 0.414. The number of benzene rings is 2. The molecule has 0 aliphatic heterocycles. The largest absolute Gasteiger partial charge is 0.497 e. The molecule has 3 nitrogen and oxygen atoms in total. The minimum atomic E-state index is 0.0665. The van der Waals surface area contributed by atoms with E-state index in [2.05, 4.69) is 6.07 Å². The Kier molecular flexibility index (Phi) is 4.62. The van der Waals surface area contributed by atoms with E-state index in [1.807, 2.05) is 48.5 Å². The first-order valence-corrected chi connectivity index (χ1v) is 6.43. The summed E-state index contributed by atoms with van der Waals surface area (Å²) in [4.78, 5) is 0. The Morgan fingerprint density at radius 2 is 1.25 bits per heavy atom. The highest BCUT2D eigenvalue weighted by Gasteiger charge is 2.14. The first-order chi connectivity index (χ1) is 9.78. The molecule has 2 aromatic rings. The fourth-order valence-corrected chi connectivity index (χ4v) is 2.19. The molecule has 0 unspecified atom stereocenters. The topological polar surface area (TPSA) is 42.2 Å². The van der Waals surface area contributed by atoms with Crippen LogP contribution in [0.15, 0.2) is 48.5 Å². The average Bonchev–Trinajstić information content (AvgIpc) is 2.53. The molecule has 0 radical (unpaired) electrons. The number of methoxy groups -OCH3 is 2. The van der Waals surface area contributed by atoms with Crippen molar-refractivity contribution in [3.8, 4) is 17.6 Å². The molecule has 20 heavy (non-hydrogen) atoms. The smallest absolute Gasteiger partial charge is 0.118 e. The van der Waals surface area contributed by atoms with E-state index in [1.165, 1.54) is 0 Å². The Balaban J connectivity index is 2.31. The molecule has 0 atom stereocenters. The van der Waals surface area contributed by atoms with Crippen LogP contribution in [0, 0.1) is 11.3 Å². The van der Waals surface area contributed by atoms with Crippen molar-refractivity contribution in [2.45, 2.75) is 12.3 Å². The van der Waals surface area contributed by atoms with E-state index in [4.69, 9.17) is 14.7 Å². The van der Waals surface area contributed by atoms with Gasteiger partial charge in [0.15, 0.2) is 0 Å². The maximum absolute atomic E-state index is 9.06. The quantitative estimate of drug-likeness (QED) is 0.828. The van der Waals surface area contributed by atoms with Crippen LogP contribution in [-0.2, 0) is 0 Å². The summed E-state index contributed by atoms with van der Waals surface area (Å²) in [6.45, 7) is 0. The van der Waals surface area contributed by atoms with Gasteiger partial charge in [-0.3, -0.25) is 0 Å². The lowest BCUT2D eigenvalue weighted by Crippen LogP contribution is -2.00. The molecule has 0 saturated heterocycles. The van der Waals surface area contributed by atoms with Crippen molar-refractivity contribution >= 4 is 0 Å². The van der Waals surface area contributed by atoms with E-state index < -0.39 is 0 Å². The minimum absolute atomic E-state index is 0.0665. The minimum Gasteiger partial charge on any atom is -0.497 e. The summed E-state index contributed by atoms with van der Waals surface area (Å²) < 4.78 is 10.3. The van der Waals surface area contributed by atoms with Gasteiger partial charge >= 0.3 is 0 Å². The van der Waals surface area contributed by atoms with Gasteiger partial charge in [0.1, 0.15) is 11.5 Å². The van der Waals surface area contributed by atoms with Crippen LogP contribution < -0.4 is 9.47 Å². The molecule has 0 spiro atoms. The monoisotopic (exact) mass is 267 g/mol. The summed E-state index contributed by atoms with van der Waals surface area (Å²) in [6, 6.07) is 18.0. The third-order valence-electron chi connectivity index (χ3n) is 3.33. The van der Waals surface area contributed by atoms with Crippen LogP contribution in [0.25, 0.3) is 0 Å². The van der Waals surface area contributed by atoms with Crippen molar-refractivity contribution in [2.24, 2.45) is 0 Å². The van der Waals surface area contributed by atoms with E-state index in [-0.39, 0.29) is 5.92 Å². The standard InChI is InChI=1S/C17H17NO2/c1-19-15-7-3-13(4-8-15)17(11-12-18)14-5-9-16(20-2)10-6-14/h3-10,17H,11H2,1-2H3. The number of nitriles is 1.